The summed E-state index contributed by atoms with van der Waals surface area (Å²) < 4.78 is 5.13. The molecule has 30 heavy (non-hydrogen) atoms. The Bertz CT molecular complexity index is 636. The molecule has 1 unspecified atom stereocenters. The standard InChI is InChI=1S/C23H39N3O4/c1-5-25(6-2)23(29)20-15-18(16-21(27)24-19-11-8-7-9-12-19)22(28)26(17(20)3)13-10-14-30-4/h18-19H,5-16H2,1-4H3,(H,24,27). The lowest BCUT2D eigenvalue weighted by Crippen LogP contribution is -2.46. The second-order valence-corrected chi connectivity index (χ2v) is 8.39. The Labute approximate surface area is 181 Å². The number of carbonyl (C=O) groups excluding carboxylic acids is 3. The first-order chi connectivity index (χ1) is 14.4. The topological polar surface area (TPSA) is 79.0 Å². The van der Waals surface area contributed by atoms with E-state index in [2.05, 4.69) is 5.32 Å². The lowest BCUT2D eigenvalue weighted by atomic mass is 9.88. The number of hydrogen-bond donors (Lipinski definition) is 1. The highest BCUT2D eigenvalue weighted by Crippen LogP contribution is 2.31. The van der Waals surface area contributed by atoms with Crippen molar-refractivity contribution in [3.63, 3.8) is 0 Å². The molecule has 1 saturated carbocycles. The van der Waals surface area contributed by atoms with Gasteiger partial charge in [0.25, 0.3) is 5.91 Å². The normalized spacial score (nSPS) is 20.5. The molecule has 1 N–H and O–H groups in total. The predicted molar refractivity (Wildman–Crippen MR) is 117 cm³/mol. The molecule has 0 bridgehead atoms. The summed E-state index contributed by atoms with van der Waals surface area (Å²) in [6.07, 6.45) is 6.70. The number of methoxy groups -OCH3 is 1. The van der Waals surface area contributed by atoms with E-state index in [1.807, 2.05) is 20.8 Å². The van der Waals surface area contributed by atoms with Crippen LogP contribution in [0.5, 0.6) is 0 Å². The zero-order valence-corrected chi connectivity index (χ0v) is 19.2. The van der Waals surface area contributed by atoms with Crippen molar-refractivity contribution in [2.45, 2.75) is 78.2 Å². The minimum absolute atomic E-state index is 0.0283. The van der Waals surface area contributed by atoms with Gasteiger partial charge in [-0.25, -0.2) is 0 Å². The Hall–Kier alpha value is -1.89. The van der Waals surface area contributed by atoms with E-state index in [4.69, 9.17) is 4.74 Å². The minimum atomic E-state index is -0.491. The first-order valence-electron chi connectivity index (χ1n) is 11.5. The van der Waals surface area contributed by atoms with Crippen LogP contribution in [0.3, 0.4) is 0 Å². The Kier molecular flexibility index (Phi) is 9.82. The fourth-order valence-electron chi connectivity index (χ4n) is 4.54. The second kappa shape index (κ2) is 12.1. The lowest BCUT2D eigenvalue weighted by Gasteiger charge is -2.36. The highest BCUT2D eigenvalue weighted by Gasteiger charge is 2.37. The molecule has 1 aliphatic heterocycles. The molecule has 7 heteroatoms. The van der Waals surface area contributed by atoms with Crippen LogP contribution in [0, 0.1) is 5.92 Å². The van der Waals surface area contributed by atoms with Gasteiger partial charge in [-0.3, -0.25) is 14.4 Å². The number of nitrogens with zero attached hydrogens (tertiary/aromatic N) is 2. The summed E-state index contributed by atoms with van der Waals surface area (Å²) in [6, 6.07) is 0.219. The van der Waals surface area contributed by atoms with Crippen LogP contribution >= 0.6 is 0 Å². The van der Waals surface area contributed by atoms with E-state index in [-0.39, 0.29) is 30.2 Å². The molecule has 0 aromatic carbocycles. The molecule has 7 nitrogen and oxygen atoms in total. The fourth-order valence-corrected chi connectivity index (χ4v) is 4.54. The summed E-state index contributed by atoms with van der Waals surface area (Å²) in [5.74, 6) is -0.654. The molecule has 2 rings (SSSR count). The predicted octanol–water partition coefficient (Wildman–Crippen LogP) is 2.85. The summed E-state index contributed by atoms with van der Waals surface area (Å²) in [5, 5.41) is 3.11. The number of carbonyl (C=O) groups is 3. The average molecular weight is 422 g/mol. The second-order valence-electron chi connectivity index (χ2n) is 8.39. The maximum Gasteiger partial charge on any atom is 0.251 e. The van der Waals surface area contributed by atoms with Crippen LogP contribution in [0.4, 0.5) is 0 Å². The highest BCUT2D eigenvalue weighted by atomic mass is 16.5. The summed E-state index contributed by atoms with van der Waals surface area (Å²) in [4.78, 5) is 42.4. The van der Waals surface area contributed by atoms with Gasteiger partial charge in [0.15, 0.2) is 0 Å². The van der Waals surface area contributed by atoms with Crippen LogP contribution in [0.2, 0.25) is 0 Å². The third kappa shape index (κ3) is 6.30. The zero-order valence-electron chi connectivity index (χ0n) is 19.2. The lowest BCUT2D eigenvalue weighted by molar-refractivity contribution is -0.139. The molecule has 2 aliphatic rings. The number of rotatable bonds is 10. The number of ether oxygens (including phenoxy) is 1. The molecular formula is C23H39N3O4. The number of likely N-dealkylation sites (N-methyl/N-ethyl adjacent to an activating group) is 1. The Morgan fingerprint density at radius 2 is 1.83 bits per heavy atom. The van der Waals surface area contributed by atoms with E-state index in [0.717, 1.165) is 31.4 Å². The van der Waals surface area contributed by atoms with Gasteiger partial charge in [-0.1, -0.05) is 19.3 Å². The van der Waals surface area contributed by atoms with E-state index in [1.54, 1.807) is 16.9 Å². The van der Waals surface area contributed by atoms with Crippen molar-refractivity contribution in [3.05, 3.63) is 11.3 Å². The van der Waals surface area contributed by atoms with Crippen LogP contribution in [-0.4, -0.2) is 66.9 Å². The SMILES string of the molecule is CCN(CC)C(=O)C1=C(C)N(CCCOC)C(=O)C(CC(=O)NC2CCCCC2)C1. The number of hydrogen-bond acceptors (Lipinski definition) is 4. The molecule has 0 saturated heterocycles. The van der Waals surface area contributed by atoms with Crippen molar-refractivity contribution in [1.82, 2.24) is 15.1 Å². The molecular weight excluding hydrogens is 382 g/mol. The van der Waals surface area contributed by atoms with Gasteiger partial charge in [-0.15, -0.1) is 0 Å². The van der Waals surface area contributed by atoms with E-state index in [9.17, 15) is 14.4 Å². The summed E-state index contributed by atoms with van der Waals surface area (Å²) in [5.41, 5.74) is 1.38. The van der Waals surface area contributed by atoms with Crippen molar-refractivity contribution in [2.75, 3.05) is 33.4 Å². The molecule has 3 amide bonds. The average Bonchev–Trinajstić information content (AvgIpc) is 2.74. The van der Waals surface area contributed by atoms with Gasteiger partial charge >= 0.3 is 0 Å². The zero-order chi connectivity index (χ0) is 22.1. The molecule has 0 radical (unpaired) electrons. The van der Waals surface area contributed by atoms with Gasteiger partial charge in [0, 0.05) is 57.1 Å². The quantitative estimate of drug-likeness (QED) is 0.550. The van der Waals surface area contributed by atoms with E-state index < -0.39 is 5.92 Å². The summed E-state index contributed by atoms with van der Waals surface area (Å²) >= 11 is 0. The van der Waals surface area contributed by atoms with Gasteiger partial charge in [-0.2, -0.15) is 0 Å². The molecule has 0 aromatic heterocycles. The number of amides is 3. The monoisotopic (exact) mass is 421 g/mol. The summed E-state index contributed by atoms with van der Waals surface area (Å²) in [6.45, 7) is 8.04. The van der Waals surface area contributed by atoms with E-state index >= 15 is 0 Å². The molecule has 1 heterocycles. The van der Waals surface area contributed by atoms with Crippen LogP contribution in [0.15, 0.2) is 11.3 Å². The van der Waals surface area contributed by atoms with Crippen molar-refractivity contribution >= 4 is 17.7 Å². The van der Waals surface area contributed by atoms with Gasteiger partial charge < -0.3 is 19.9 Å². The maximum atomic E-state index is 13.2. The molecule has 170 valence electrons. The third-order valence-corrected chi connectivity index (χ3v) is 6.35. The maximum absolute atomic E-state index is 13.2. The Morgan fingerprint density at radius 1 is 1.17 bits per heavy atom. The Morgan fingerprint density at radius 3 is 2.43 bits per heavy atom. The van der Waals surface area contributed by atoms with Crippen LogP contribution in [0.25, 0.3) is 0 Å². The highest BCUT2D eigenvalue weighted by molar-refractivity contribution is 5.98. The van der Waals surface area contributed by atoms with Gasteiger partial charge in [0.1, 0.15) is 0 Å². The number of nitrogens with one attached hydrogen (secondary N) is 1. The van der Waals surface area contributed by atoms with Crippen molar-refractivity contribution in [1.29, 1.82) is 0 Å². The van der Waals surface area contributed by atoms with Crippen LogP contribution in [-0.2, 0) is 19.1 Å². The Balaban J connectivity index is 2.16. The van der Waals surface area contributed by atoms with Crippen molar-refractivity contribution in [3.8, 4) is 0 Å². The molecule has 0 spiro atoms. The van der Waals surface area contributed by atoms with Gasteiger partial charge in [0.05, 0.1) is 5.92 Å². The van der Waals surface area contributed by atoms with E-state index in [1.165, 1.54) is 6.42 Å². The van der Waals surface area contributed by atoms with Gasteiger partial charge in [0.2, 0.25) is 11.8 Å². The number of allylic oxidation sites excluding steroid dienone is 1. The minimum Gasteiger partial charge on any atom is -0.385 e. The summed E-state index contributed by atoms with van der Waals surface area (Å²) in [7, 11) is 1.63. The van der Waals surface area contributed by atoms with Crippen LogP contribution < -0.4 is 5.32 Å². The van der Waals surface area contributed by atoms with Crippen molar-refractivity contribution in [2.24, 2.45) is 5.92 Å². The van der Waals surface area contributed by atoms with Gasteiger partial charge in [-0.05, 0) is 46.5 Å². The van der Waals surface area contributed by atoms with Crippen LogP contribution in [0.1, 0.15) is 72.1 Å². The molecule has 1 fully saturated rings. The van der Waals surface area contributed by atoms with E-state index in [0.29, 0.717) is 44.7 Å². The fraction of sp³-hybridized carbons (Fsp3) is 0.783. The largest absolute Gasteiger partial charge is 0.385 e. The molecule has 0 aromatic rings. The smallest absolute Gasteiger partial charge is 0.251 e. The third-order valence-electron chi connectivity index (χ3n) is 6.35. The first-order valence-corrected chi connectivity index (χ1v) is 11.5. The molecule has 1 atom stereocenters. The van der Waals surface area contributed by atoms with Crippen molar-refractivity contribution < 1.29 is 19.1 Å². The first kappa shape index (κ1) is 24.4. The molecule has 1 aliphatic carbocycles.